The number of hydrogen-bond acceptors (Lipinski definition) is 6. The lowest BCUT2D eigenvalue weighted by Gasteiger charge is -2.27. The van der Waals surface area contributed by atoms with Gasteiger partial charge in [0.05, 0.1) is 18.2 Å². The van der Waals surface area contributed by atoms with Crippen molar-refractivity contribution in [1.29, 1.82) is 0 Å². The van der Waals surface area contributed by atoms with E-state index in [-0.39, 0.29) is 31.1 Å². The van der Waals surface area contributed by atoms with Gasteiger partial charge in [-0.2, -0.15) is 0 Å². The smallest absolute Gasteiger partial charge is 0.142 e. The molecule has 0 aliphatic rings. The van der Waals surface area contributed by atoms with E-state index in [0.29, 0.717) is 17.2 Å². The molecule has 2 unspecified atom stereocenters. The summed E-state index contributed by atoms with van der Waals surface area (Å²) < 4.78 is 11.0. The molecule has 0 amide bonds. The number of nitrogen functional groups attached to an aromatic ring is 1. The number of ether oxygens (including phenoxy) is 2. The maximum atomic E-state index is 9.51. The molecule has 0 spiro atoms. The van der Waals surface area contributed by atoms with Crippen molar-refractivity contribution in [2.75, 3.05) is 31.4 Å². The fourth-order valence-corrected chi connectivity index (χ4v) is 2.77. The lowest BCUT2D eigenvalue weighted by molar-refractivity contribution is 0.0536. The molecular weight excluding hydrogens is 382 g/mol. The molecule has 7 heteroatoms. The van der Waals surface area contributed by atoms with Crippen molar-refractivity contribution in [3.05, 3.63) is 53.6 Å². The van der Waals surface area contributed by atoms with Crippen LogP contribution in [0.4, 0.5) is 5.69 Å². The standard InChI is InChI=1S/C21H28ClNO5/c1-21(2,14-3-6-18(7-4-14)27-13-17(26)11-24)15-5-8-20(19(23)9-15)28-12-16(25)10-22/h3-9,16-17,24-26H,10-13,23H2,1-2H3. The van der Waals surface area contributed by atoms with Crippen LogP contribution in [0.2, 0.25) is 0 Å². The average molecular weight is 410 g/mol. The minimum Gasteiger partial charge on any atom is -0.491 e. The van der Waals surface area contributed by atoms with Crippen molar-refractivity contribution in [2.24, 2.45) is 0 Å². The molecule has 2 aromatic carbocycles. The van der Waals surface area contributed by atoms with Crippen molar-refractivity contribution in [3.8, 4) is 11.5 Å². The Labute approximate surface area is 170 Å². The second kappa shape index (κ2) is 9.98. The van der Waals surface area contributed by atoms with E-state index in [0.717, 1.165) is 11.1 Å². The van der Waals surface area contributed by atoms with Crippen LogP contribution in [-0.4, -0.2) is 53.2 Å². The summed E-state index contributed by atoms with van der Waals surface area (Å²) in [5, 5.41) is 27.7. The molecule has 2 rings (SSSR count). The van der Waals surface area contributed by atoms with Gasteiger partial charge in [0.2, 0.25) is 0 Å². The molecule has 5 N–H and O–H groups in total. The van der Waals surface area contributed by atoms with Gasteiger partial charge in [0, 0.05) is 5.41 Å². The van der Waals surface area contributed by atoms with Crippen LogP contribution >= 0.6 is 11.6 Å². The molecule has 0 radical (unpaired) electrons. The molecule has 0 aromatic heterocycles. The van der Waals surface area contributed by atoms with Crippen LogP contribution in [0.5, 0.6) is 11.5 Å². The predicted octanol–water partition coefficient (Wildman–Crippen LogP) is 2.31. The zero-order chi connectivity index (χ0) is 20.7. The Kier molecular flexibility index (Phi) is 7.95. The van der Waals surface area contributed by atoms with Crippen LogP contribution in [0.25, 0.3) is 0 Å². The molecule has 154 valence electrons. The number of aliphatic hydroxyl groups excluding tert-OH is 3. The van der Waals surface area contributed by atoms with E-state index in [1.165, 1.54) is 0 Å². The van der Waals surface area contributed by atoms with Gasteiger partial charge < -0.3 is 30.5 Å². The molecule has 0 saturated carbocycles. The largest absolute Gasteiger partial charge is 0.491 e. The number of anilines is 1. The molecule has 2 atom stereocenters. The summed E-state index contributed by atoms with van der Waals surface area (Å²) in [6.07, 6.45) is -1.64. The first-order valence-corrected chi connectivity index (χ1v) is 9.60. The maximum Gasteiger partial charge on any atom is 0.142 e. The monoisotopic (exact) mass is 409 g/mol. The summed E-state index contributed by atoms with van der Waals surface area (Å²) in [4.78, 5) is 0. The Hall–Kier alpha value is -1.99. The molecule has 28 heavy (non-hydrogen) atoms. The van der Waals surface area contributed by atoms with Crippen LogP contribution in [0.15, 0.2) is 42.5 Å². The summed E-state index contributed by atoms with van der Waals surface area (Å²) in [7, 11) is 0. The number of hydrogen-bond donors (Lipinski definition) is 4. The lowest BCUT2D eigenvalue weighted by atomic mass is 9.78. The summed E-state index contributed by atoms with van der Waals surface area (Å²) in [6, 6.07) is 13.2. The average Bonchev–Trinajstić information content (AvgIpc) is 2.70. The second-order valence-corrected chi connectivity index (χ2v) is 7.48. The van der Waals surface area contributed by atoms with Gasteiger partial charge in [-0.25, -0.2) is 0 Å². The Morgan fingerprint density at radius 1 is 0.964 bits per heavy atom. The van der Waals surface area contributed by atoms with Gasteiger partial charge in [-0.05, 0) is 35.4 Å². The lowest BCUT2D eigenvalue weighted by Crippen LogP contribution is -2.22. The highest BCUT2D eigenvalue weighted by Gasteiger charge is 2.24. The SMILES string of the molecule is CC(C)(c1ccc(OCC(O)CO)cc1)c1ccc(OCC(O)CCl)c(N)c1. The van der Waals surface area contributed by atoms with Gasteiger partial charge in [0.15, 0.2) is 0 Å². The van der Waals surface area contributed by atoms with Gasteiger partial charge in [-0.3, -0.25) is 0 Å². The van der Waals surface area contributed by atoms with Crippen LogP contribution < -0.4 is 15.2 Å². The van der Waals surface area contributed by atoms with Crippen molar-refractivity contribution in [1.82, 2.24) is 0 Å². The molecule has 0 aliphatic carbocycles. The van der Waals surface area contributed by atoms with Gasteiger partial charge in [0.1, 0.15) is 36.9 Å². The zero-order valence-corrected chi connectivity index (χ0v) is 16.9. The van der Waals surface area contributed by atoms with E-state index in [2.05, 4.69) is 13.8 Å². The molecule has 0 bridgehead atoms. The maximum absolute atomic E-state index is 9.51. The molecule has 0 aliphatic heterocycles. The van der Waals surface area contributed by atoms with Crippen LogP contribution in [0.3, 0.4) is 0 Å². The first kappa shape index (κ1) is 22.3. The molecular formula is C21H28ClNO5. The van der Waals surface area contributed by atoms with Crippen molar-refractivity contribution in [3.63, 3.8) is 0 Å². The first-order valence-electron chi connectivity index (χ1n) is 9.07. The summed E-state index contributed by atoms with van der Waals surface area (Å²) in [5.74, 6) is 1.23. The fraction of sp³-hybridized carbons (Fsp3) is 0.429. The molecule has 2 aromatic rings. The first-order chi connectivity index (χ1) is 13.3. The quantitative estimate of drug-likeness (QED) is 0.354. The number of halogens is 1. The zero-order valence-electron chi connectivity index (χ0n) is 16.1. The number of aliphatic hydroxyl groups is 3. The Balaban J connectivity index is 2.11. The number of alkyl halides is 1. The van der Waals surface area contributed by atoms with E-state index in [4.69, 9.17) is 31.9 Å². The van der Waals surface area contributed by atoms with Crippen molar-refractivity contribution in [2.45, 2.75) is 31.5 Å². The molecule has 0 heterocycles. The Morgan fingerprint density at radius 3 is 2.14 bits per heavy atom. The van der Waals surface area contributed by atoms with Gasteiger partial charge in [-0.15, -0.1) is 11.6 Å². The van der Waals surface area contributed by atoms with E-state index < -0.39 is 12.2 Å². The van der Waals surface area contributed by atoms with E-state index in [1.807, 2.05) is 36.4 Å². The minimum atomic E-state index is -0.898. The van der Waals surface area contributed by atoms with E-state index >= 15 is 0 Å². The second-order valence-electron chi connectivity index (χ2n) is 7.17. The number of rotatable bonds is 10. The fourth-order valence-electron chi connectivity index (χ4n) is 2.68. The predicted molar refractivity (Wildman–Crippen MR) is 110 cm³/mol. The van der Waals surface area contributed by atoms with Crippen molar-refractivity contribution < 1.29 is 24.8 Å². The highest BCUT2D eigenvalue weighted by Crippen LogP contribution is 2.35. The van der Waals surface area contributed by atoms with Crippen LogP contribution in [-0.2, 0) is 5.41 Å². The molecule has 6 nitrogen and oxygen atoms in total. The highest BCUT2D eigenvalue weighted by atomic mass is 35.5. The van der Waals surface area contributed by atoms with E-state index in [9.17, 15) is 10.2 Å². The van der Waals surface area contributed by atoms with Crippen molar-refractivity contribution >= 4 is 17.3 Å². The third-order valence-corrected chi connectivity index (χ3v) is 4.93. The Bertz CT molecular complexity index is 751. The van der Waals surface area contributed by atoms with Gasteiger partial charge >= 0.3 is 0 Å². The summed E-state index contributed by atoms with van der Waals surface area (Å²) in [6.45, 7) is 3.96. The normalized spacial score (nSPS) is 13.8. The van der Waals surface area contributed by atoms with Crippen LogP contribution in [0, 0.1) is 0 Å². The molecule has 0 saturated heterocycles. The number of benzene rings is 2. The van der Waals surface area contributed by atoms with Crippen LogP contribution in [0.1, 0.15) is 25.0 Å². The summed E-state index contributed by atoms with van der Waals surface area (Å²) >= 11 is 5.57. The van der Waals surface area contributed by atoms with Gasteiger partial charge in [-0.1, -0.05) is 32.0 Å². The molecule has 0 fully saturated rings. The highest BCUT2D eigenvalue weighted by molar-refractivity contribution is 6.18. The Morgan fingerprint density at radius 2 is 1.57 bits per heavy atom. The third-order valence-electron chi connectivity index (χ3n) is 4.57. The topological polar surface area (TPSA) is 105 Å². The minimum absolute atomic E-state index is 0.0374. The number of nitrogens with two attached hydrogens (primary N) is 1. The van der Waals surface area contributed by atoms with E-state index in [1.54, 1.807) is 6.07 Å². The van der Waals surface area contributed by atoms with Gasteiger partial charge in [0.25, 0.3) is 0 Å². The third kappa shape index (κ3) is 5.75. The summed E-state index contributed by atoms with van der Waals surface area (Å²) in [5.41, 5.74) is 8.38.